The third kappa shape index (κ3) is 3.45. The summed E-state index contributed by atoms with van der Waals surface area (Å²) < 4.78 is 12.1. The molecule has 158 valence electrons. The van der Waals surface area contributed by atoms with E-state index in [1.807, 2.05) is 35.2 Å². The molecule has 0 unspecified atom stereocenters. The molecule has 31 heavy (non-hydrogen) atoms. The summed E-state index contributed by atoms with van der Waals surface area (Å²) in [5, 5.41) is 1.63. The molecule has 2 bridgehead atoms. The third-order valence-electron chi connectivity index (χ3n) is 6.31. The second-order valence-electron chi connectivity index (χ2n) is 8.30. The molecule has 0 aliphatic carbocycles. The molecule has 2 fully saturated rings. The number of rotatable bonds is 4. The summed E-state index contributed by atoms with van der Waals surface area (Å²) in [7, 11) is 0. The number of ether oxygens (including phenoxy) is 1. The minimum atomic E-state index is 0.178. The second kappa shape index (κ2) is 7.32. The van der Waals surface area contributed by atoms with Crippen molar-refractivity contribution in [3.8, 4) is 10.9 Å². The van der Waals surface area contributed by atoms with Gasteiger partial charge in [0.05, 0.1) is 6.54 Å². The van der Waals surface area contributed by atoms with E-state index >= 15 is 0 Å². The molecule has 0 N–H and O–H groups in total. The molecule has 7 nitrogen and oxygen atoms in total. The molecule has 1 aromatic carbocycles. The maximum absolute atomic E-state index is 11.8. The Kier molecular flexibility index (Phi) is 4.43. The number of aromatic nitrogens is 2. The van der Waals surface area contributed by atoms with E-state index in [0.717, 1.165) is 59.6 Å². The van der Waals surface area contributed by atoms with Crippen molar-refractivity contribution in [1.82, 2.24) is 19.8 Å². The molecule has 8 heteroatoms. The number of amides is 1. The van der Waals surface area contributed by atoms with Crippen LogP contribution in [0.3, 0.4) is 0 Å². The average molecular weight is 435 g/mol. The number of hydrogen-bond acceptors (Lipinski definition) is 7. The highest BCUT2D eigenvalue weighted by Crippen LogP contribution is 2.35. The molecule has 6 rings (SSSR count). The van der Waals surface area contributed by atoms with Gasteiger partial charge in [0.25, 0.3) is 5.19 Å². The highest BCUT2D eigenvalue weighted by atomic mass is 32.1. The van der Waals surface area contributed by atoms with Gasteiger partial charge < -0.3 is 14.1 Å². The van der Waals surface area contributed by atoms with Gasteiger partial charge in [-0.2, -0.15) is 0 Å². The fraction of sp³-hybridized carbons (Fsp3) is 0.348. The zero-order chi connectivity index (χ0) is 20.9. The summed E-state index contributed by atoms with van der Waals surface area (Å²) in [6.07, 6.45) is 4.04. The van der Waals surface area contributed by atoms with Gasteiger partial charge in [-0.15, -0.1) is 0 Å². The van der Waals surface area contributed by atoms with Crippen LogP contribution in [0.15, 0.2) is 47.0 Å². The molecule has 2 aliphatic rings. The van der Waals surface area contributed by atoms with Crippen molar-refractivity contribution < 1.29 is 13.9 Å². The van der Waals surface area contributed by atoms with E-state index in [4.69, 9.17) is 9.15 Å². The van der Waals surface area contributed by atoms with Crippen LogP contribution in [-0.4, -0.2) is 50.8 Å². The van der Waals surface area contributed by atoms with E-state index in [9.17, 15) is 4.79 Å². The van der Waals surface area contributed by atoms with E-state index in [1.54, 1.807) is 13.1 Å². The van der Waals surface area contributed by atoms with E-state index in [-0.39, 0.29) is 5.91 Å². The topological polar surface area (TPSA) is 71.7 Å². The Labute approximate surface area is 183 Å². The number of hydrogen-bond donors (Lipinski definition) is 0. The summed E-state index contributed by atoms with van der Waals surface area (Å²) >= 11 is 1.43. The van der Waals surface area contributed by atoms with E-state index in [1.165, 1.54) is 11.3 Å². The number of nitrogens with zero attached hydrogens (tertiary/aromatic N) is 4. The minimum Gasteiger partial charge on any atom is -0.460 e. The highest BCUT2D eigenvalue weighted by molar-refractivity contribution is 7.19. The lowest BCUT2D eigenvalue weighted by Crippen LogP contribution is -2.54. The van der Waals surface area contributed by atoms with Crippen LogP contribution in [0, 0.1) is 0 Å². The number of thiazole rings is 1. The highest BCUT2D eigenvalue weighted by Gasteiger charge is 2.40. The summed E-state index contributed by atoms with van der Waals surface area (Å²) in [5.41, 5.74) is 1.64. The predicted octanol–water partition coefficient (Wildman–Crippen LogP) is 4.42. The Morgan fingerprint density at radius 2 is 2.06 bits per heavy atom. The van der Waals surface area contributed by atoms with Gasteiger partial charge in [-0.1, -0.05) is 11.3 Å². The van der Waals surface area contributed by atoms with E-state index in [2.05, 4.69) is 20.9 Å². The Balaban J connectivity index is 1.20. The molecule has 2 atom stereocenters. The number of pyridine rings is 1. The number of carbonyl (C=O) groups is 1. The fourth-order valence-electron chi connectivity index (χ4n) is 4.79. The lowest BCUT2D eigenvalue weighted by molar-refractivity contribution is -0.132. The molecule has 0 spiro atoms. The second-order valence-corrected chi connectivity index (χ2v) is 9.24. The summed E-state index contributed by atoms with van der Waals surface area (Å²) in [6.45, 7) is 4.08. The lowest BCUT2D eigenvalue weighted by atomic mass is 10.1. The summed E-state index contributed by atoms with van der Waals surface area (Å²) in [5.74, 6) is 1.82. The largest absolute Gasteiger partial charge is 0.460 e. The van der Waals surface area contributed by atoms with Crippen LogP contribution >= 0.6 is 11.3 Å². The molecule has 2 saturated heterocycles. The fourth-order valence-corrected chi connectivity index (χ4v) is 5.57. The smallest absolute Gasteiger partial charge is 0.281 e. The summed E-state index contributed by atoms with van der Waals surface area (Å²) in [4.78, 5) is 25.9. The molecule has 1 amide bonds. The molecule has 5 heterocycles. The van der Waals surface area contributed by atoms with Crippen LogP contribution in [0.1, 0.15) is 25.5 Å². The van der Waals surface area contributed by atoms with Crippen molar-refractivity contribution in [2.45, 2.75) is 38.4 Å². The van der Waals surface area contributed by atoms with Crippen LogP contribution in [0.5, 0.6) is 10.9 Å². The predicted molar refractivity (Wildman–Crippen MR) is 118 cm³/mol. The van der Waals surface area contributed by atoms with Gasteiger partial charge in [0.1, 0.15) is 27.4 Å². The Morgan fingerprint density at radius 1 is 1.23 bits per heavy atom. The van der Waals surface area contributed by atoms with Crippen molar-refractivity contribution in [1.29, 1.82) is 0 Å². The van der Waals surface area contributed by atoms with Gasteiger partial charge in [0, 0.05) is 49.7 Å². The molecular weight excluding hydrogens is 412 g/mol. The standard InChI is InChI=1S/C23H22N4O3S/c1-14(28)26-11-16-5-6-17(12-26)27(16)13-19-9-15-4-7-18(10-21(15)29-19)30-23-25-20-3-2-8-24-22(20)31-23/h2-4,7-10,16-17H,5-6,11-13H2,1H3/t16-,17+. The zero-order valence-electron chi connectivity index (χ0n) is 17.2. The first-order chi connectivity index (χ1) is 15.1. The third-order valence-corrected chi connectivity index (χ3v) is 7.17. The van der Waals surface area contributed by atoms with Crippen LogP contribution < -0.4 is 4.74 Å². The van der Waals surface area contributed by atoms with E-state index < -0.39 is 0 Å². The van der Waals surface area contributed by atoms with Crippen molar-refractivity contribution >= 4 is 38.6 Å². The molecule has 3 aromatic heterocycles. The molecule has 0 saturated carbocycles. The van der Waals surface area contributed by atoms with Crippen LogP contribution in [0.25, 0.3) is 21.3 Å². The summed E-state index contributed by atoms with van der Waals surface area (Å²) in [6, 6.07) is 12.6. The van der Waals surface area contributed by atoms with Gasteiger partial charge in [-0.3, -0.25) is 9.69 Å². The van der Waals surface area contributed by atoms with Crippen molar-refractivity contribution in [3.05, 3.63) is 48.4 Å². The number of piperazine rings is 1. The van der Waals surface area contributed by atoms with Crippen molar-refractivity contribution in [3.63, 3.8) is 0 Å². The number of furan rings is 1. The number of fused-ring (bicyclic) bond motifs is 4. The number of benzene rings is 1. The Bertz CT molecular complexity index is 1240. The molecule has 0 radical (unpaired) electrons. The van der Waals surface area contributed by atoms with Gasteiger partial charge in [0.15, 0.2) is 0 Å². The van der Waals surface area contributed by atoms with Crippen molar-refractivity contribution in [2.24, 2.45) is 0 Å². The van der Waals surface area contributed by atoms with Crippen LogP contribution in [-0.2, 0) is 11.3 Å². The quantitative estimate of drug-likeness (QED) is 0.473. The first kappa shape index (κ1) is 18.8. The first-order valence-electron chi connectivity index (χ1n) is 10.6. The lowest BCUT2D eigenvalue weighted by Gasteiger charge is -2.40. The van der Waals surface area contributed by atoms with Gasteiger partial charge in [-0.25, -0.2) is 9.97 Å². The molecule has 2 aliphatic heterocycles. The monoisotopic (exact) mass is 434 g/mol. The normalized spacial score (nSPS) is 21.3. The van der Waals surface area contributed by atoms with Gasteiger partial charge in [0.2, 0.25) is 5.91 Å². The first-order valence-corrected chi connectivity index (χ1v) is 11.4. The SMILES string of the molecule is CC(=O)N1C[C@H]2CC[C@@H](C1)N2Cc1cc2ccc(Oc3nc4cccnc4s3)cc2o1. The van der Waals surface area contributed by atoms with Crippen LogP contribution in [0.4, 0.5) is 0 Å². The van der Waals surface area contributed by atoms with Crippen molar-refractivity contribution in [2.75, 3.05) is 13.1 Å². The molecular formula is C23H22N4O3S. The minimum absolute atomic E-state index is 0.178. The maximum Gasteiger partial charge on any atom is 0.281 e. The zero-order valence-corrected chi connectivity index (χ0v) is 18.0. The maximum atomic E-state index is 11.8. The Morgan fingerprint density at radius 3 is 2.84 bits per heavy atom. The average Bonchev–Trinajstić information content (AvgIpc) is 3.40. The number of likely N-dealkylation sites (tertiary alicyclic amines) is 1. The van der Waals surface area contributed by atoms with Gasteiger partial charge >= 0.3 is 0 Å². The van der Waals surface area contributed by atoms with Gasteiger partial charge in [-0.05, 0) is 43.2 Å². The molecule has 4 aromatic rings. The van der Waals surface area contributed by atoms with E-state index in [0.29, 0.717) is 23.0 Å². The Hall–Kier alpha value is -2.97. The van der Waals surface area contributed by atoms with Crippen LogP contribution in [0.2, 0.25) is 0 Å². The number of carbonyl (C=O) groups excluding carboxylic acids is 1.